The van der Waals surface area contributed by atoms with Crippen molar-refractivity contribution in [2.24, 2.45) is 0 Å². The Hall–Kier alpha value is -1.97. The lowest BCUT2D eigenvalue weighted by atomic mass is 10.2. The fraction of sp³-hybridized carbons (Fsp3) is 0.250. The van der Waals surface area contributed by atoms with E-state index in [0.717, 1.165) is 11.4 Å². The molecule has 0 bridgehead atoms. The van der Waals surface area contributed by atoms with Gasteiger partial charge >= 0.3 is 0 Å². The van der Waals surface area contributed by atoms with Gasteiger partial charge in [0.25, 0.3) is 0 Å². The molecule has 82 valence electrons. The highest BCUT2D eigenvalue weighted by Crippen LogP contribution is 2.18. The summed E-state index contributed by atoms with van der Waals surface area (Å²) in [6.45, 7) is 4.10. The minimum Gasteiger partial charge on any atom is -0.375 e. The van der Waals surface area contributed by atoms with Crippen molar-refractivity contribution in [3.63, 3.8) is 0 Å². The zero-order valence-electron chi connectivity index (χ0n) is 9.38. The van der Waals surface area contributed by atoms with Gasteiger partial charge in [-0.3, -0.25) is 15.0 Å². The van der Waals surface area contributed by atoms with Gasteiger partial charge in [-0.2, -0.15) is 0 Å². The van der Waals surface area contributed by atoms with Crippen molar-refractivity contribution in [1.29, 1.82) is 0 Å². The van der Waals surface area contributed by atoms with Crippen LogP contribution in [0.3, 0.4) is 0 Å². The van der Waals surface area contributed by atoms with Crippen LogP contribution in [-0.4, -0.2) is 15.0 Å². The quantitative estimate of drug-likeness (QED) is 0.852. The maximum atomic E-state index is 4.26. The predicted octanol–water partition coefficient (Wildman–Crippen LogP) is 2.35. The number of rotatable bonds is 3. The molecule has 1 atom stereocenters. The lowest BCUT2D eigenvalue weighted by Gasteiger charge is -2.15. The zero-order chi connectivity index (χ0) is 11.4. The fourth-order valence-electron chi connectivity index (χ4n) is 1.46. The largest absolute Gasteiger partial charge is 0.375 e. The first-order chi connectivity index (χ1) is 7.77. The Morgan fingerprint density at radius 1 is 1.12 bits per heavy atom. The Bertz CT molecular complexity index is 456. The summed E-state index contributed by atoms with van der Waals surface area (Å²) in [5.74, 6) is 0. The molecule has 0 aliphatic carbocycles. The Labute approximate surface area is 94.8 Å². The van der Waals surface area contributed by atoms with E-state index in [1.807, 2.05) is 19.2 Å². The summed E-state index contributed by atoms with van der Waals surface area (Å²) in [6, 6.07) is 2.10. The zero-order valence-corrected chi connectivity index (χ0v) is 9.38. The molecule has 0 saturated carbocycles. The van der Waals surface area contributed by atoms with E-state index in [1.165, 1.54) is 5.56 Å². The summed E-state index contributed by atoms with van der Waals surface area (Å²) in [5, 5.41) is 3.36. The van der Waals surface area contributed by atoms with Crippen LogP contribution in [0.1, 0.15) is 24.2 Å². The van der Waals surface area contributed by atoms with Crippen LogP contribution in [0.2, 0.25) is 0 Å². The third-order valence-corrected chi connectivity index (χ3v) is 2.44. The minimum atomic E-state index is 0.122. The number of hydrogen-bond donors (Lipinski definition) is 1. The molecule has 16 heavy (non-hydrogen) atoms. The molecule has 0 saturated heterocycles. The SMILES string of the molecule is Cc1ccncc1NC(C)c1cnccn1. The number of pyridine rings is 1. The van der Waals surface area contributed by atoms with Gasteiger partial charge in [0.15, 0.2) is 0 Å². The van der Waals surface area contributed by atoms with Crippen molar-refractivity contribution >= 4 is 5.69 Å². The normalized spacial score (nSPS) is 12.1. The molecule has 4 heteroatoms. The molecule has 0 aliphatic heterocycles. The Kier molecular flexibility index (Phi) is 3.10. The Morgan fingerprint density at radius 3 is 2.62 bits per heavy atom. The summed E-state index contributed by atoms with van der Waals surface area (Å²) in [4.78, 5) is 12.4. The second-order valence-electron chi connectivity index (χ2n) is 3.69. The standard InChI is InChI=1S/C12H14N4/c1-9-3-4-13-7-11(9)16-10(2)12-8-14-5-6-15-12/h3-8,10,16H,1-2H3. The number of anilines is 1. The molecular formula is C12H14N4. The Morgan fingerprint density at radius 2 is 1.94 bits per heavy atom. The van der Waals surface area contributed by atoms with Crippen molar-refractivity contribution in [3.8, 4) is 0 Å². The van der Waals surface area contributed by atoms with Crippen LogP contribution in [0.25, 0.3) is 0 Å². The molecule has 1 unspecified atom stereocenters. The second-order valence-corrected chi connectivity index (χ2v) is 3.69. The summed E-state index contributed by atoms with van der Waals surface area (Å²) in [7, 11) is 0. The van der Waals surface area contributed by atoms with Crippen LogP contribution < -0.4 is 5.32 Å². The van der Waals surface area contributed by atoms with E-state index in [9.17, 15) is 0 Å². The lowest BCUT2D eigenvalue weighted by molar-refractivity contribution is 0.825. The lowest BCUT2D eigenvalue weighted by Crippen LogP contribution is -2.09. The number of nitrogens with one attached hydrogen (secondary N) is 1. The second kappa shape index (κ2) is 4.70. The molecule has 0 aliphatic rings. The fourth-order valence-corrected chi connectivity index (χ4v) is 1.46. The molecular weight excluding hydrogens is 200 g/mol. The van der Waals surface area contributed by atoms with Crippen molar-refractivity contribution in [2.45, 2.75) is 19.9 Å². The molecule has 2 rings (SSSR count). The van der Waals surface area contributed by atoms with E-state index in [0.29, 0.717) is 0 Å². The molecule has 0 aromatic carbocycles. The van der Waals surface area contributed by atoms with E-state index in [1.54, 1.807) is 24.8 Å². The van der Waals surface area contributed by atoms with E-state index in [2.05, 4.69) is 27.2 Å². The van der Waals surface area contributed by atoms with Crippen molar-refractivity contribution < 1.29 is 0 Å². The number of nitrogens with zero attached hydrogens (tertiary/aromatic N) is 3. The molecule has 0 spiro atoms. The number of aromatic nitrogens is 3. The van der Waals surface area contributed by atoms with E-state index in [-0.39, 0.29) is 6.04 Å². The molecule has 2 heterocycles. The number of hydrogen-bond acceptors (Lipinski definition) is 4. The van der Waals surface area contributed by atoms with Gasteiger partial charge in [0.1, 0.15) is 0 Å². The van der Waals surface area contributed by atoms with E-state index < -0.39 is 0 Å². The molecule has 0 fully saturated rings. The van der Waals surface area contributed by atoms with Crippen LogP contribution >= 0.6 is 0 Å². The van der Waals surface area contributed by atoms with Crippen LogP contribution in [-0.2, 0) is 0 Å². The Balaban J connectivity index is 2.14. The molecule has 1 N–H and O–H groups in total. The van der Waals surface area contributed by atoms with Gasteiger partial charge in [-0.05, 0) is 25.5 Å². The van der Waals surface area contributed by atoms with Crippen molar-refractivity contribution in [3.05, 3.63) is 48.3 Å². The molecule has 0 radical (unpaired) electrons. The first-order valence-electron chi connectivity index (χ1n) is 5.20. The molecule has 2 aromatic heterocycles. The highest BCUT2D eigenvalue weighted by atomic mass is 15.0. The van der Waals surface area contributed by atoms with E-state index >= 15 is 0 Å². The van der Waals surface area contributed by atoms with Crippen molar-refractivity contribution in [2.75, 3.05) is 5.32 Å². The molecule has 4 nitrogen and oxygen atoms in total. The third kappa shape index (κ3) is 2.34. The first-order valence-corrected chi connectivity index (χ1v) is 5.20. The monoisotopic (exact) mass is 214 g/mol. The van der Waals surface area contributed by atoms with Crippen LogP contribution in [0.5, 0.6) is 0 Å². The summed E-state index contributed by atoms with van der Waals surface area (Å²) >= 11 is 0. The number of aryl methyl sites for hydroxylation is 1. The third-order valence-electron chi connectivity index (χ3n) is 2.44. The average molecular weight is 214 g/mol. The van der Waals surface area contributed by atoms with Gasteiger partial charge in [0, 0.05) is 18.6 Å². The predicted molar refractivity (Wildman–Crippen MR) is 63.0 cm³/mol. The van der Waals surface area contributed by atoms with Crippen molar-refractivity contribution in [1.82, 2.24) is 15.0 Å². The van der Waals surface area contributed by atoms with Gasteiger partial charge in [-0.15, -0.1) is 0 Å². The summed E-state index contributed by atoms with van der Waals surface area (Å²) < 4.78 is 0. The maximum absolute atomic E-state index is 4.26. The average Bonchev–Trinajstić information content (AvgIpc) is 2.33. The maximum Gasteiger partial charge on any atom is 0.0806 e. The van der Waals surface area contributed by atoms with Gasteiger partial charge in [0.2, 0.25) is 0 Å². The van der Waals surface area contributed by atoms with Gasteiger partial charge in [0.05, 0.1) is 29.8 Å². The van der Waals surface area contributed by atoms with Gasteiger partial charge in [-0.25, -0.2) is 0 Å². The van der Waals surface area contributed by atoms with Gasteiger partial charge in [-0.1, -0.05) is 0 Å². The van der Waals surface area contributed by atoms with E-state index in [4.69, 9.17) is 0 Å². The summed E-state index contributed by atoms with van der Waals surface area (Å²) in [6.07, 6.45) is 8.74. The molecule has 2 aromatic rings. The van der Waals surface area contributed by atoms with Crippen LogP contribution in [0.15, 0.2) is 37.1 Å². The van der Waals surface area contributed by atoms with Crippen LogP contribution in [0, 0.1) is 6.92 Å². The molecule has 0 amide bonds. The highest BCUT2D eigenvalue weighted by molar-refractivity contribution is 5.49. The smallest absolute Gasteiger partial charge is 0.0806 e. The highest BCUT2D eigenvalue weighted by Gasteiger charge is 2.07. The van der Waals surface area contributed by atoms with Gasteiger partial charge < -0.3 is 5.32 Å². The topological polar surface area (TPSA) is 50.7 Å². The first kappa shape index (κ1) is 10.5. The minimum absolute atomic E-state index is 0.122. The van der Waals surface area contributed by atoms with Crippen LogP contribution in [0.4, 0.5) is 5.69 Å². The summed E-state index contributed by atoms with van der Waals surface area (Å²) in [5.41, 5.74) is 3.12.